The summed E-state index contributed by atoms with van der Waals surface area (Å²) in [4.78, 5) is 26.1. The van der Waals surface area contributed by atoms with E-state index in [9.17, 15) is 44.5 Å². The van der Waals surface area contributed by atoms with Gasteiger partial charge in [0.15, 0.2) is 0 Å². The Balaban J connectivity index is 2.46. The van der Waals surface area contributed by atoms with E-state index in [2.05, 4.69) is 10.6 Å². The van der Waals surface area contributed by atoms with Gasteiger partial charge in [0.1, 0.15) is 0 Å². The van der Waals surface area contributed by atoms with Crippen LogP contribution in [0.4, 0.5) is 36.4 Å². The van der Waals surface area contributed by atoms with E-state index in [4.69, 9.17) is 5.14 Å². The van der Waals surface area contributed by atoms with Crippen LogP contribution in [-0.2, 0) is 15.4 Å². The highest BCUT2D eigenvalue weighted by Gasteiger charge is 2.73. The molecule has 0 saturated heterocycles. The smallest absolute Gasteiger partial charge is 0.343 e. The summed E-state index contributed by atoms with van der Waals surface area (Å²) < 4.78 is 105. The molecule has 0 radical (unpaired) electrons. The summed E-state index contributed by atoms with van der Waals surface area (Å²) in [5.41, 5.74) is -9.26. The molecular weight excluding hydrogens is 658 g/mol. The SMILES string of the molecule is Cc1cc(C(F)(C(F)(F)F)C(F)(F)F)ccc1NC(=O)c1cccc(I)c1C(=O)NC(C)(C)C=S(C)(N)=O. The van der Waals surface area contributed by atoms with Crippen LogP contribution < -0.4 is 15.8 Å². The number of hydrogen-bond acceptors (Lipinski definition) is 3. The van der Waals surface area contributed by atoms with Crippen LogP contribution in [0, 0.1) is 10.5 Å². The molecule has 0 spiro atoms. The van der Waals surface area contributed by atoms with Crippen LogP contribution in [0.5, 0.6) is 0 Å². The van der Waals surface area contributed by atoms with Gasteiger partial charge in [-0.2, -0.15) is 26.3 Å². The number of carbonyl (C=O) groups excluding carboxylic acids is 2. The average molecular weight is 681 g/mol. The van der Waals surface area contributed by atoms with Crippen LogP contribution in [0.1, 0.15) is 45.7 Å². The minimum atomic E-state index is -6.29. The standard InChI is InChI=1S/C23H23F7IN3O3S/c1-12-10-13(21(24,22(25,26)27)23(28,29)30)8-9-16(12)33-18(35)14-6-5-7-15(31)17(14)19(36)34-20(2,3)11-38(4,32)37/h5-11H,1-4H3,(H2,32,37)(H,33,35)(H,34,36). The van der Waals surface area contributed by atoms with Gasteiger partial charge in [-0.05, 0) is 67.1 Å². The van der Waals surface area contributed by atoms with Crippen molar-refractivity contribution < 1.29 is 44.5 Å². The molecule has 0 heterocycles. The van der Waals surface area contributed by atoms with Crippen molar-refractivity contribution in [3.8, 4) is 0 Å². The van der Waals surface area contributed by atoms with Crippen LogP contribution in [-0.4, -0.2) is 45.5 Å². The van der Waals surface area contributed by atoms with Gasteiger partial charge in [-0.25, -0.2) is 4.39 Å². The molecule has 0 aliphatic rings. The fourth-order valence-corrected chi connectivity index (χ4v) is 5.58. The third-order valence-electron chi connectivity index (χ3n) is 5.10. The molecule has 15 heteroatoms. The number of benzene rings is 2. The number of carbonyl (C=O) groups is 2. The number of anilines is 1. The first kappa shape index (κ1) is 31.8. The number of rotatable bonds is 6. The van der Waals surface area contributed by atoms with Crippen molar-refractivity contribution in [2.45, 2.75) is 44.3 Å². The van der Waals surface area contributed by atoms with Crippen molar-refractivity contribution in [3.63, 3.8) is 0 Å². The molecule has 210 valence electrons. The number of aryl methyl sites for hydroxylation is 1. The summed E-state index contributed by atoms with van der Waals surface area (Å²) in [5, 5.41) is 11.7. The van der Waals surface area contributed by atoms with Crippen molar-refractivity contribution in [3.05, 3.63) is 62.2 Å². The molecule has 2 rings (SSSR count). The van der Waals surface area contributed by atoms with Gasteiger partial charge in [0.05, 0.1) is 16.7 Å². The zero-order valence-corrected chi connectivity index (χ0v) is 23.2. The Labute approximate surface area is 227 Å². The van der Waals surface area contributed by atoms with Crippen LogP contribution in [0.15, 0.2) is 36.4 Å². The maximum absolute atomic E-state index is 14.4. The third-order valence-corrected chi connectivity index (χ3v) is 7.06. The Morgan fingerprint density at radius 3 is 2.00 bits per heavy atom. The zero-order valence-electron chi connectivity index (χ0n) is 20.3. The number of nitrogens with one attached hydrogen (secondary N) is 2. The molecule has 0 aromatic heterocycles. The third kappa shape index (κ3) is 6.97. The Kier molecular flexibility index (Phi) is 8.91. The molecule has 2 aromatic carbocycles. The highest BCUT2D eigenvalue weighted by molar-refractivity contribution is 14.1. The lowest BCUT2D eigenvalue weighted by Crippen LogP contribution is -2.50. The summed E-state index contributed by atoms with van der Waals surface area (Å²) in [6, 6.07) is 5.57. The van der Waals surface area contributed by atoms with E-state index in [0.29, 0.717) is 15.7 Å². The van der Waals surface area contributed by atoms with Crippen molar-refractivity contribution in [1.82, 2.24) is 5.32 Å². The summed E-state index contributed by atoms with van der Waals surface area (Å²) in [6.07, 6.45) is -11.3. The van der Waals surface area contributed by atoms with E-state index < -0.39 is 50.6 Å². The number of amides is 2. The van der Waals surface area contributed by atoms with E-state index in [1.807, 2.05) is 0 Å². The normalized spacial score (nSPS) is 14.4. The van der Waals surface area contributed by atoms with E-state index in [1.165, 1.54) is 43.7 Å². The van der Waals surface area contributed by atoms with E-state index in [0.717, 1.165) is 6.92 Å². The Morgan fingerprint density at radius 1 is 0.974 bits per heavy atom. The minimum absolute atomic E-state index is 0.0992. The first-order chi connectivity index (χ1) is 17.0. The molecule has 0 bridgehead atoms. The topological polar surface area (TPSA) is 101 Å². The number of nitrogens with two attached hydrogens (primary N) is 1. The Bertz CT molecular complexity index is 1360. The van der Waals surface area contributed by atoms with E-state index in [1.54, 1.807) is 22.6 Å². The van der Waals surface area contributed by atoms with Crippen molar-refractivity contribution in [2.75, 3.05) is 11.6 Å². The molecule has 2 amide bonds. The molecule has 0 saturated carbocycles. The predicted octanol–water partition coefficient (Wildman–Crippen LogP) is 5.24. The van der Waals surface area contributed by atoms with Crippen LogP contribution in [0.2, 0.25) is 0 Å². The number of halogens is 8. The molecule has 0 fully saturated rings. The second kappa shape index (κ2) is 10.6. The van der Waals surface area contributed by atoms with Gasteiger partial charge in [0.25, 0.3) is 11.8 Å². The van der Waals surface area contributed by atoms with Gasteiger partial charge < -0.3 is 10.6 Å². The maximum atomic E-state index is 14.4. The van der Waals surface area contributed by atoms with Crippen LogP contribution in [0.25, 0.3) is 0 Å². The van der Waals surface area contributed by atoms with E-state index >= 15 is 0 Å². The zero-order chi connectivity index (χ0) is 29.5. The number of hydrogen-bond donors (Lipinski definition) is 3. The molecule has 6 nitrogen and oxygen atoms in total. The average Bonchev–Trinajstić information content (AvgIpc) is 2.70. The van der Waals surface area contributed by atoms with Gasteiger partial charge in [-0.15, -0.1) is 0 Å². The largest absolute Gasteiger partial charge is 0.435 e. The fraction of sp³-hybridized carbons (Fsp3) is 0.348. The molecule has 0 aliphatic heterocycles. The quantitative estimate of drug-likeness (QED) is 0.221. The molecule has 4 N–H and O–H groups in total. The highest BCUT2D eigenvalue weighted by atomic mass is 127. The van der Waals surface area contributed by atoms with Gasteiger partial charge in [-0.3, -0.25) is 18.9 Å². The molecule has 1 atom stereocenters. The predicted molar refractivity (Wildman–Crippen MR) is 139 cm³/mol. The summed E-state index contributed by atoms with van der Waals surface area (Å²) in [5.74, 6) is -1.66. The lowest BCUT2D eigenvalue weighted by atomic mass is 9.92. The highest BCUT2D eigenvalue weighted by Crippen LogP contribution is 2.53. The lowest BCUT2D eigenvalue weighted by molar-refractivity contribution is -0.348. The first-order valence-electron chi connectivity index (χ1n) is 10.5. The van der Waals surface area contributed by atoms with Gasteiger partial charge >= 0.3 is 18.0 Å². The van der Waals surface area contributed by atoms with Crippen LogP contribution >= 0.6 is 22.6 Å². The fourth-order valence-electron chi connectivity index (χ4n) is 3.61. The minimum Gasteiger partial charge on any atom is -0.343 e. The summed E-state index contributed by atoms with van der Waals surface area (Å²) >= 11 is 1.79. The molecular formula is C23H23F7IN3O3S. The molecule has 2 aromatic rings. The van der Waals surface area contributed by atoms with Crippen molar-refractivity contribution in [2.24, 2.45) is 5.14 Å². The molecule has 0 aliphatic carbocycles. The Morgan fingerprint density at radius 2 is 1.53 bits per heavy atom. The van der Waals surface area contributed by atoms with E-state index in [-0.39, 0.29) is 28.4 Å². The monoisotopic (exact) mass is 681 g/mol. The molecule has 38 heavy (non-hydrogen) atoms. The number of alkyl halides is 7. The summed E-state index contributed by atoms with van der Waals surface area (Å²) in [6.45, 7) is 4.13. The second-order valence-electron chi connectivity index (χ2n) is 9.06. The van der Waals surface area contributed by atoms with Gasteiger partial charge in [0.2, 0.25) is 0 Å². The first-order valence-corrected chi connectivity index (χ1v) is 13.7. The van der Waals surface area contributed by atoms with Crippen LogP contribution in [0.3, 0.4) is 0 Å². The van der Waals surface area contributed by atoms with Crippen molar-refractivity contribution >= 4 is 55.2 Å². The van der Waals surface area contributed by atoms with Gasteiger partial charge in [-0.1, -0.05) is 18.2 Å². The summed E-state index contributed by atoms with van der Waals surface area (Å²) in [7, 11) is -2.86. The van der Waals surface area contributed by atoms with Gasteiger partial charge in [0, 0.05) is 36.2 Å². The maximum Gasteiger partial charge on any atom is 0.435 e. The second-order valence-corrected chi connectivity index (χ2v) is 12.4. The Hall–Kier alpha value is -2.40. The molecule has 1 unspecified atom stereocenters. The van der Waals surface area contributed by atoms with Crippen molar-refractivity contribution in [1.29, 1.82) is 0 Å². The lowest BCUT2D eigenvalue weighted by Gasteiger charge is -2.30.